The first-order valence-corrected chi connectivity index (χ1v) is 9.27. The largest absolute Gasteiger partial charge is 0.497 e. The number of aliphatic hydroxyl groups excluding tert-OH is 1. The molecule has 2 aromatic rings. The molecule has 1 aromatic carbocycles. The van der Waals surface area contributed by atoms with Crippen LogP contribution in [0.2, 0.25) is 0 Å². The molecule has 0 aliphatic carbocycles. The number of hydrogen-bond donors (Lipinski definition) is 2. The first kappa shape index (κ1) is 19.7. The molecule has 0 spiro atoms. The first-order valence-electron chi connectivity index (χ1n) is 9.27. The molecule has 4 rings (SSSR count). The summed E-state index contributed by atoms with van der Waals surface area (Å²) < 4.78 is 33.9. The van der Waals surface area contributed by atoms with Crippen molar-refractivity contribution in [1.82, 2.24) is 5.32 Å². The Morgan fingerprint density at radius 2 is 1.93 bits per heavy atom. The second-order valence-electron chi connectivity index (χ2n) is 6.83. The van der Waals surface area contributed by atoms with Crippen LogP contribution in [0.3, 0.4) is 0 Å². The number of methoxy groups -OCH3 is 1. The van der Waals surface area contributed by atoms with E-state index in [1.54, 1.807) is 43.5 Å². The fourth-order valence-electron chi connectivity index (χ4n) is 3.44. The van der Waals surface area contributed by atoms with Crippen LogP contribution < -0.4 is 14.8 Å². The molecule has 0 radical (unpaired) electrons. The molecule has 2 N–H and O–H groups in total. The number of benzene rings is 1. The molecule has 6 atom stereocenters. The van der Waals surface area contributed by atoms with E-state index >= 15 is 0 Å². The van der Waals surface area contributed by atoms with Crippen LogP contribution in [0.1, 0.15) is 19.0 Å². The molecule has 3 heterocycles. The summed E-state index contributed by atoms with van der Waals surface area (Å²) in [6.45, 7) is 1.53. The number of fused-ring (bicyclic) bond motifs is 1. The van der Waals surface area contributed by atoms with E-state index < -0.39 is 36.9 Å². The van der Waals surface area contributed by atoms with E-state index in [2.05, 4.69) is 5.32 Å². The number of carbonyl (C=O) groups is 1. The maximum Gasteiger partial charge on any atom is 0.223 e. The van der Waals surface area contributed by atoms with E-state index in [-0.39, 0.29) is 12.5 Å². The number of aliphatic hydroxyl groups is 1. The fraction of sp³-hybridized carbons (Fsp3) is 0.450. The van der Waals surface area contributed by atoms with Crippen molar-refractivity contribution in [3.8, 4) is 11.5 Å². The summed E-state index contributed by atoms with van der Waals surface area (Å²) in [5.41, 5.74) is 0. The lowest BCUT2D eigenvalue weighted by molar-refractivity contribution is -0.336. The molecule has 9 heteroatoms. The number of furan rings is 1. The van der Waals surface area contributed by atoms with Crippen molar-refractivity contribution in [2.24, 2.45) is 0 Å². The predicted octanol–water partition coefficient (Wildman–Crippen LogP) is 1.37. The minimum Gasteiger partial charge on any atom is -0.497 e. The van der Waals surface area contributed by atoms with Gasteiger partial charge in [-0.15, -0.1) is 0 Å². The maximum absolute atomic E-state index is 11.7. The van der Waals surface area contributed by atoms with Gasteiger partial charge in [0.05, 0.1) is 20.0 Å². The lowest BCUT2D eigenvalue weighted by atomic mass is 9.96. The Morgan fingerprint density at radius 3 is 2.59 bits per heavy atom. The number of nitrogens with one attached hydrogen (secondary N) is 1. The minimum absolute atomic E-state index is 0.169. The van der Waals surface area contributed by atoms with Crippen molar-refractivity contribution in [3.63, 3.8) is 0 Å². The van der Waals surface area contributed by atoms with Gasteiger partial charge in [-0.3, -0.25) is 4.79 Å². The lowest BCUT2D eigenvalue weighted by Crippen LogP contribution is -2.67. The van der Waals surface area contributed by atoms with E-state index in [1.807, 2.05) is 0 Å². The smallest absolute Gasteiger partial charge is 0.223 e. The van der Waals surface area contributed by atoms with E-state index in [9.17, 15) is 9.90 Å². The molecule has 0 bridgehead atoms. The van der Waals surface area contributed by atoms with Crippen LogP contribution in [0.15, 0.2) is 47.1 Å². The van der Waals surface area contributed by atoms with Crippen molar-refractivity contribution in [3.05, 3.63) is 48.4 Å². The van der Waals surface area contributed by atoms with Crippen LogP contribution in [0.4, 0.5) is 0 Å². The van der Waals surface area contributed by atoms with Gasteiger partial charge in [0.2, 0.25) is 18.5 Å². The normalized spacial score (nSPS) is 31.6. The van der Waals surface area contributed by atoms with Crippen molar-refractivity contribution in [2.45, 2.75) is 43.9 Å². The van der Waals surface area contributed by atoms with Crippen molar-refractivity contribution < 1.29 is 38.0 Å². The monoisotopic (exact) mass is 405 g/mol. The third kappa shape index (κ3) is 4.23. The van der Waals surface area contributed by atoms with Gasteiger partial charge in [0, 0.05) is 6.92 Å². The summed E-state index contributed by atoms with van der Waals surface area (Å²) in [5, 5.41) is 13.7. The number of rotatable bonds is 5. The standard InChI is InChI=1S/C20H23NO8/c1-11(22)21-16-17(23)18-15(10-26-19(29-18)14-4-3-9-25-14)28-20(16)27-13-7-5-12(24-2)6-8-13/h3-9,15-20,23H,10H2,1-2H3,(H,21,22)/t15-,16-,17-,18+,19+,20-/m1/s1. The van der Waals surface area contributed by atoms with Crippen LogP contribution in [0.25, 0.3) is 0 Å². The first-order chi connectivity index (χ1) is 14.0. The average Bonchev–Trinajstić information content (AvgIpc) is 3.26. The summed E-state index contributed by atoms with van der Waals surface area (Å²) in [4.78, 5) is 11.7. The Balaban J connectivity index is 1.51. The lowest BCUT2D eigenvalue weighted by Gasteiger charge is -2.47. The average molecular weight is 405 g/mol. The molecule has 1 aromatic heterocycles. The second-order valence-corrected chi connectivity index (χ2v) is 6.83. The van der Waals surface area contributed by atoms with Gasteiger partial charge in [0.25, 0.3) is 0 Å². The van der Waals surface area contributed by atoms with Gasteiger partial charge < -0.3 is 38.5 Å². The second kappa shape index (κ2) is 8.42. The topological polar surface area (TPSA) is 109 Å². The van der Waals surface area contributed by atoms with Gasteiger partial charge >= 0.3 is 0 Å². The molecular weight excluding hydrogens is 382 g/mol. The predicted molar refractivity (Wildman–Crippen MR) is 98.2 cm³/mol. The Kier molecular flexibility index (Phi) is 5.72. The van der Waals surface area contributed by atoms with E-state index in [0.717, 1.165) is 0 Å². The fourth-order valence-corrected chi connectivity index (χ4v) is 3.44. The SMILES string of the molecule is COc1ccc(O[C@@H]2O[C@@H]3CO[C@H](c4ccco4)O[C@@H]3[C@H](O)[C@H]2NC(C)=O)cc1. The van der Waals surface area contributed by atoms with Crippen LogP contribution in [0, 0.1) is 0 Å². The highest BCUT2D eigenvalue weighted by Gasteiger charge is 2.51. The highest BCUT2D eigenvalue weighted by atomic mass is 16.8. The summed E-state index contributed by atoms with van der Waals surface area (Å²) >= 11 is 0. The maximum atomic E-state index is 11.7. The van der Waals surface area contributed by atoms with Gasteiger partial charge in [0.1, 0.15) is 35.9 Å². The van der Waals surface area contributed by atoms with Gasteiger partial charge in [-0.2, -0.15) is 0 Å². The summed E-state index contributed by atoms with van der Waals surface area (Å²) in [6.07, 6.45) is -2.57. The summed E-state index contributed by atoms with van der Waals surface area (Å²) in [7, 11) is 1.57. The molecule has 0 saturated carbocycles. The van der Waals surface area contributed by atoms with Crippen LogP contribution in [-0.4, -0.2) is 55.4 Å². The Morgan fingerprint density at radius 1 is 1.17 bits per heavy atom. The van der Waals surface area contributed by atoms with Gasteiger partial charge in [-0.25, -0.2) is 0 Å². The zero-order valence-electron chi connectivity index (χ0n) is 16.0. The van der Waals surface area contributed by atoms with Crippen molar-refractivity contribution in [1.29, 1.82) is 0 Å². The highest BCUT2D eigenvalue weighted by molar-refractivity contribution is 5.73. The van der Waals surface area contributed by atoms with Crippen LogP contribution in [-0.2, 0) is 19.0 Å². The Bertz CT molecular complexity index is 808. The number of amides is 1. The zero-order valence-corrected chi connectivity index (χ0v) is 16.0. The molecule has 2 saturated heterocycles. The van der Waals surface area contributed by atoms with Crippen LogP contribution >= 0.6 is 0 Å². The molecule has 29 heavy (non-hydrogen) atoms. The number of hydrogen-bond acceptors (Lipinski definition) is 8. The van der Waals surface area contributed by atoms with Gasteiger partial charge in [-0.1, -0.05) is 0 Å². The molecule has 9 nitrogen and oxygen atoms in total. The number of ether oxygens (including phenoxy) is 5. The molecule has 156 valence electrons. The Hall–Kier alpha value is -2.59. The van der Waals surface area contributed by atoms with Crippen LogP contribution in [0.5, 0.6) is 11.5 Å². The van der Waals surface area contributed by atoms with Gasteiger partial charge in [0.15, 0.2) is 5.76 Å². The molecule has 2 aliphatic rings. The summed E-state index contributed by atoms with van der Waals surface area (Å²) in [5.74, 6) is 1.35. The minimum atomic E-state index is -1.08. The molecule has 2 aliphatic heterocycles. The summed E-state index contributed by atoms with van der Waals surface area (Å²) in [6, 6.07) is 9.52. The van der Waals surface area contributed by atoms with Crippen molar-refractivity contribution >= 4 is 5.91 Å². The third-order valence-electron chi connectivity index (χ3n) is 4.82. The molecule has 1 amide bonds. The molecule has 2 fully saturated rings. The van der Waals surface area contributed by atoms with Crippen molar-refractivity contribution in [2.75, 3.05) is 13.7 Å². The third-order valence-corrected chi connectivity index (χ3v) is 4.82. The Labute approximate surface area is 167 Å². The van der Waals surface area contributed by atoms with Gasteiger partial charge in [-0.05, 0) is 36.4 Å². The molecular formula is C20H23NO8. The highest BCUT2D eigenvalue weighted by Crippen LogP contribution is 2.35. The van der Waals surface area contributed by atoms with E-state index in [1.165, 1.54) is 13.2 Å². The van der Waals surface area contributed by atoms with E-state index in [4.69, 9.17) is 28.1 Å². The molecule has 0 unspecified atom stereocenters. The zero-order chi connectivity index (χ0) is 20.4. The quantitative estimate of drug-likeness (QED) is 0.768. The number of carbonyl (C=O) groups excluding carboxylic acids is 1. The van der Waals surface area contributed by atoms with E-state index in [0.29, 0.717) is 17.3 Å².